The van der Waals surface area contributed by atoms with Gasteiger partial charge in [0.15, 0.2) is 0 Å². The van der Waals surface area contributed by atoms with Crippen molar-refractivity contribution >= 4 is 40.9 Å². The van der Waals surface area contributed by atoms with Gasteiger partial charge in [0.25, 0.3) is 5.91 Å². The first-order valence-corrected chi connectivity index (χ1v) is 13.1. The molecule has 0 aliphatic carbocycles. The zero-order chi connectivity index (χ0) is 29.5. The summed E-state index contributed by atoms with van der Waals surface area (Å²) in [7, 11) is 1.48. The number of fused-ring (bicyclic) bond motifs is 4. The first-order chi connectivity index (χ1) is 19.7. The summed E-state index contributed by atoms with van der Waals surface area (Å²) in [5, 5.41) is 8.14. The Kier molecular flexibility index (Phi) is 9.69. The van der Waals surface area contributed by atoms with Gasteiger partial charge in [0.1, 0.15) is 40.5 Å². The van der Waals surface area contributed by atoms with Gasteiger partial charge in [-0.1, -0.05) is 23.8 Å². The zero-order valence-electron chi connectivity index (χ0n) is 22.3. The molecule has 4 N–H and O–H groups in total. The lowest BCUT2D eigenvalue weighted by molar-refractivity contribution is -0.116. The highest BCUT2D eigenvalue weighted by Crippen LogP contribution is 2.35. The van der Waals surface area contributed by atoms with Crippen LogP contribution in [0, 0.1) is 18.6 Å². The van der Waals surface area contributed by atoms with Crippen molar-refractivity contribution in [3.05, 3.63) is 76.2 Å². The van der Waals surface area contributed by atoms with Crippen LogP contribution in [0.1, 0.15) is 47.1 Å². The number of nitrogens with one attached hydrogen (secondary N) is 4. The number of benzene rings is 2. The molecule has 3 aromatic rings. The number of hydrogen-bond donors (Lipinski definition) is 4. The van der Waals surface area contributed by atoms with Crippen molar-refractivity contribution in [1.82, 2.24) is 15.3 Å². The second kappa shape index (κ2) is 13.4. The van der Waals surface area contributed by atoms with E-state index in [-0.39, 0.29) is 48.6 Å². The van der Waals surface area contributed by atoms with Crippen LogP contribution in [0.2, 0.25) is 5.15 Å². The Labute approximate surface area is 239 Å². The molecule has 2 aromatic carbocycles. The average molecular weight is 588 g/mol. The largest absolute Gasteiger partial charge is 0.447 e. The highest BCUT2D eigenvalue weighted by atomic mass is 35.5. The summed E-state index contributed by atoms with van der Waals surface area (Å²) in [6.45, 7) is 1.81. The number of carbonyl (C=O) groups is 3. The number of halogens is 3. The van der Waals surface area contributed by atoms with Crippen LogP contribution in [0.15, 0.2) is 42.5 Å². The number of amides is 3. The van der Waals surface area contributed by atoms with Crippen LogP contribution in [0.25, 0.3) is 11.3 Å². The van der Waals surface area contributed by atoms with Gasteiger partial charge in [-0.15, -0.1) is 0 Å². The van der Waals surface area contributed by atoms with Gasteiger partial charge in [-0.25, -0.2) is 18.6 Å². The maximum absolute atomic E-state index is 14.5. The Balaban J connectivity index is 1.67. The molecule has 1 aliphatic rings. The number of nitrogens with zero attached hydrogens (tertiary/aromatic N) is 1. The summed E-state index contributed by atoms with van der Waals surface area (Å²) in [4.78, 5) is 45.2. The number of aryl methyl sites for hydroxylation is 1. The van der Waals surface area contributed by atoms with E-state index in [2.05, 4.69) is 25.9 Å². The molecule has 4 rings (SSSR count). The molecule has 0 saturated carbocycles. The van der Waals surface area contributed by atoms with E-state index in [9.17, 15) is 23.2 Å². The summed E-state index contributed by atoms with van der Waals surface area (Å²) in [5.41, 5.74) is 0.971. The van der Waals surface area contributed by atoms with Crippen molar-refractivity contribution in [1.29, 1.82) is 0 Å². The number of imidazole rings is 1. The molecule has 0 saturated heterocycles. The third kappa shape index (κ3) is 7.47. The van der Waals surface area contributed by atoms with Crippen molar-refractivity contribution in [2.24, 2.45) is 0 Å². The number of allylic oxidation sites excluding steroid dienone is 1. The molecule has 3 amide bonds. The van der Waals surface area contributed by atoms with Crippen LogP contribution in [-0.4, -0.2) is 48.2 Å². The lowest BCUT2D eigenvalue weighted by Crippen LogP contribution is -2.30. The molecule has 0 radical (unpaired) electrons. The molecule has 1 aromatic heterocycles. The summed E-state index contributed by atoms with van der Waals surface area (Å²) >= 11 is 6.51. The molecular formula is C28H28ClF2N5O5. The van der Waals surface area contributed by atoms with Gasteiger partial charge in [-0.3, -0.25) is 14.9 Å². The van der Waals surface area contributed by atoms with E-state index in [1.54, 1.807) is 24.3 Å². The van der Waals surface area contributed by atoms with Gasteiger partial charge < -0.3 is 25.1 Å². The SMILES string of the molecule is COCCOC(=O)Nc1ccc2c(c1)NC(=O)CCC=CCC(NC(=O)c1c(F)cc(C)cc1F)c1nc-2c(Cl)[nH]1. The number of H-pyrrole nitrogens is 1. The molecule has 216 valence electrons. The fraction of sp³-hybridized carbons (Fsp3) is 0.286. The summed E-state index contributed by atoms with van der Waals surface area (Å²) in [5.74, 6) is -2.98. The first kappa shape index (κ1) is 29.7. The molecule has 1 atom stereocenters. The van der Waals surface area contributed by atoms with Gasteiger partial charge in [-0.05, 0) is 55.7 Å². The second-order valence-electron chi connectivity index (χ2n) is 9.22. The molecule has 0 spiro atoms. The van der Waals surface area contributed by atoms with Crippen LogP contribution >= 0.6 is 11.6 Å². The summed E-state index contributed by atoms with van der Waals surface area (Å²) < 4.78 is 38.9. The summed E-state index contributed by atoms with van der Waals surface area (Å²) in [6, 6.07) is 6.04. The van der Waals surface area contributed by atoms with Gasteiger partial charge in [0.2, 0.25) is 5.91 Å². The molecule has 2 bridgehead atoms. The van der Waals surface area contributed by atoms with Crippen LogP contribution < -0.4 is 16.0 Å². The van der Waals surface area contributed by atoms with E-state index in [0.717, 1.165) is 12.1 Å². The maximum Gasteiger partial charge on any atom is 0.411 e. The van der Waals surface area contributed by atoms with Crippen LogP contribution in [-0.2, 0) is 14.3 Å². The van der Waals surface area contributed by atoms with Crippen LogP contribution in [0.5, 0.6) is 0 Å². The Morgan fingerprint density at radius 3 is 2.63 bits per heavy atom. The van der Waals surface area contributed by atoms with E-state index in [0.29, 0.717) is 28.9 Å². The van der Waals surface area contributed by atoms with Crippen molar-refractivity contribution in [3.8, 4) is 11.3 Å². The molecule has 41 heavy (non-hydrogen) atoms. The number of ether oxygens (including phenoxy) is 2. The van der Waals surface area contributed by atoms with Gasteiger partial charge in [0.05, 0.1) is 18.3 Å². The first-order valence-electron chi connectivity index (χ1n) is 12.7. The Morgan fingerprint density at radius 1 is 1.15 bits per heavy atom. The van der Waals surface area contributed by atoms with Crippen LogP contribution in [0.3, 0.4) is 0 Å². The highest BCUT2D eigenvalue weighted by Gasteiger charge is 2.25. The lowest BCUT2D eigenvalue weighted by atomic mass is 10.1. The number of hydrogen-bond acceptors (Lipinski definition) is 6. The normalized spacial score (nSPS) is 15.0. The molecule has 1 unspecified atom stereocenters. The lowest BCUT2D eigenvalue weighted by Gasteiger charge is -2.16. The molecule has 0 fully saturated rings. The minimum Gasteiger partial charge on any atom is -0.447 e. The highest BCUT2D eigenvalue weighted by molar-refractivity contribution is 6.32. The van der Waals surface area contributed by atoms with E-state index in [1.165, 1.54) is 20.1 Å². The zero-order valence-corrected chi connectivity index (χ0v) is 23.0. The molecule has 2 heterocycles. The number of aromatic nitrogens is 2. The van der Waals surface area contributed by atoms with E-state index >= 15 is 0 Å². The number of anilines is 2. The van der Waals surface area contributed by atoms with Crippen molar-refractivity contribution in [2.45, 2.75) is 32.2 Å². The van der Waals surface area contributed by atoms with Gasteiger partial charge in [0, 0.05) is 24.8 Å². The average Bonchev–Trinajstić information content (AvgIpc) is 3.28. The predicted molar refractivity (Wildman–Crippen MR) is 149 cm³/mol. The van der Waals surface area contributed by atoms with E-state index < -0.39 is 35.2 Å². The van der Waals surface area contributed by atoms with Crippen molar-refractivity contribution in [3.63, 3.8) is 0 Å². The number of aromatic amines is 1. The third-order valence-corrected chi connectivity index (χ3v) is 6.39. The Hall–Kier alpha value is -4.29. The van der Waals surface area contributed by atoms with E-state index in [4.69, 9.17) is 21.1 Å². The Morgan fingerprint density at radius 2 is 1.90 bits per heavy atom. The number of carbonyl (C=O) groups excluding carboxylic acids is 3. The predicted octanol–water partition coefficient (Wildman–Crippen LogP) is 5.66. The van der Waals surface area contributed by atoms with Gasteiger partial charge in [-0.2, -0.15) is 0 Å². The monoisotopic (exact) mass is 587 g/mol. The van der Waals surface area contributed by atoms with Gasteiger partial charge >= 0.3 is 6.09 Å². The van der Waals surface area contributed by atoms with Crippen molar-refractivity contribution in [2.75, 3.05) is 31.0 Å². The van der Waals surface area contributed by atoms with E-state index in [1.807, 2.05) is 0 Å². The van der Waals surface area contributed by atoms with Crippen LogP contribution in [0.4, 0.5) is 25.0 Å². The van der Waals surface area contributed by atoms with Crippen molar-refractivity contribution < 1.29 is 32.6 Å². The summed E-state index contributed by atoms with van der Waals surface area (Å²) in [6.07, 6.45) is 3.51. The minimum absolute atomic E-state index is 0.0596. The third-order valence-electron chi connectivity index (χ3n) is 6.12. The molecule has 13 heteroatoms. The second-order valence-corrected chi connectivity index (χ2v) is 9.60. The quantitative estimate of drug-likeness (QED) is 0.217. The Bertz CT molecular complexity index is 1470. The minimum atomic E-state index is -0.983. The molecule has 10 nitrogen and oxygen atoms in total. The fourth-order valence-corrected chi connectivity index (χ4v) is 4.42. The maximum atomic E-state index is 14.5. The topological polar surface area (TPSA) is 134 Å². The number of methoxy groups -OCH3 is 1. The standard InChI is InChI=1S/C28H28ClF2N5O5/c1-15-12-18(30)23(19(31)13-15)27(38)34-20-6-4-3-5-7-22(37)33-21-14-16(32-28(39)41-11-10-40-2)8-9-17(21)24-25(29)36-26(20)35-24/h3-4,8-9,12-14,20H,5-7,10-11H2,1-2H3,(H,32,39)(H,33,37)(H,34,38)(H,35,36). The smallest absolute Gasteiger partial charge is 0.411 e. The molecule has 1 aliphatic heterocycles. The fourth-order valence-electron chi connectivity index (χ4n) is 4.18. The number of rotatable bonds is 6. The molecular weight excluding hydrogens is 560 g/mol.